The van der Waals surface area contributed by atoms with Crippen LogP contribution in [-0.2, 0) is 9.53 Å². The van der Waals surface area contributed by atoms with E-state index in [1.165, 1.54) is 12.1 Å². The Hall–Kier alpha value is -2.81. The van der Waals surface area contributed by atoms with Gasteiger partial charge in [-0.15, -0.1) is 0 Å². The number of rotatable bonds is 4. The standard InChI is InChI=1S/C18H11IN2O4/c19-14-3-1-2-13(10-14)11-16-18(22)25-17(20-16)9-6-12-4-7-15(8-5-12)21(23)24/h1-11H/b9-6+,16-11+. The maximum Gasteiger partial charge on any atom is 0.363 e. The van der Waals surface area contributed by atoms with E-state index in [0.717, 1.165) is 14.7 Å². The van der Waals surface area contributed by atoms with Gasteiger partial charge >= 0.3 is 5.97 Å². The number of cyclic esters (lactones) is 1. The van der Waals surface area contributed by atoms with Gasteiger partial charge in [0.15, 0.2) is 5.70 Å². The molecule has 6 nitrogen and oxygen atoms in total. The minimum atomic E-state index is -0.512. The first-order valence-electron chi connectivity index (χ1n) is 7.22. The lowest BCUT2D eigenvalue weighted by atomic mass is 10.2. The van der Waals surface area contributed by atoms with Crippen LogP contribution in [0.4, 0.5) is 5.69 Å². The molecule has 0 aromatic heterocycles. The van der Waals surface area contributed by atoms with Gasteiger partial charge in [-0.25, -0.2) is 9.79 Å². The Labute approximate surface area is 156 Å². The number of nitrogens with zero attached hydrogens (tertiary/aromatic N) is 2. The molecule has 1 aliphatic rings. The molecule has 0 N–H and O–H groups in total. The van der Waals surface area contributed by atoms with E-state index in [0.29, 0.717) is 0 Å². The molecule has 3 rings (SSSR count). The van der Waals surface area contributed by atoms with E-state index in [9.17, 15) is 14.9 Å². The molecule has 0 fully saturated rings. The molecule has 2 aromatic rings. The van der Waals surface area contributed by atoms with Crippen LogP contribution in [0.2, 0.25) is 0 Å². The molecule has 0 unspecified atom stereocenters. The van der Waals surface area contributed by atoms with Crippen molar-refractivity contribution in [1.82, 2.24) is 0 Å². The summed E-state index contributed by atoms with van der Waals surface area (Å²) in [7, 11) is 0. The number of ether oxygens (including phenoxy) is 1. The number of halogens is 1. The van der Waals surface area contributed by atoms with Gasteiger partial charge in [0.1, 0.15) is 0 Å². The first kappa shape index (κ1) is 17.0. The zero-order chi connectivity index (χ0) is 17.8. The molecule has 0 saturated heterocycles. The van der Waals surface area contributed by atoms with Crippen LogP contribution in [0.15, 0.2) is 65.3 Å². The number of aliphatic imine (C=N–C) groups is 1. The van der Waals surface area contributed by atoms with Gasteiger partial charge in [-0.2, -0.15) is 0 Å². The molecule has 124 valence electrons. The molecule has 25 heavy (non-hydrogen) atoms. The Kier molecular flexibility index (Phi) is 5.03. The molecule has 0 bridgehead atoms. The van der Waals surface area contributed by atoms with Gasteiger partial charge in [-0.3, -0.25) is 10.1 Å². The molecular weight excluding hydrogens is 435 g/mol. The lowest BCUT2D eigenvalue weighted by Crippen LogP contribution is -2.01. The summed E-state index contributed by atoms with van der Waals surface area (Å²) < 4.78 is 6.16. The van der Waals surface area contributed by atoms with Crippen LogP contribution in [0, 0.1) is 13.7 Å². The average Bonchev–Trinajstić information content (AvgIpc) is 2.93. The molecule has 0 radical (unpaired) electrons. The molecule has 0 amide bonds. The Morgan fingerprint density at radius 3 is 2.52 bits per heavy atom. The molecule has 0 aliphatic carbocycles. The van der Waals surface area contributed by atoms with Crippen molar-refractivity contribution in [3.63, 3.8) is 0 Å². The smallest absolute Gasteiger partial charge is 0.363 e. The second-order valence-electron chi connectivity index (χ2n) is 5.11. The number of carbonyl (C=O) groups is 1. The molecular formula is C18H11IN2O4. The quantitative estimate of drug-likeness (QED) is 0.232. The zero-order valence-corrected chi connectivity index (χ0v) is 14.9. The summed E-state index contributed by atoms with van der Waals surface area (Å²) >= 11 is 2.19. The number of carbonyl (C=O) groups excluding carboxylic acids is 1. The molecule has 2 aromatic carbocycles. The lowest BCUT2D eigenvalue weighted by molar-refractivity contribution is -0.384. The number of nitro groups is 1. The number of hydrogen-bond donors (Lipinski definition) is 0. The summed E-state index contributed by atoms with van der Waals surface area (Å²) in [6.07, 6.45) is 4.89. The number of non-ortho nitro benzene ring substituents is 1. The van der Waals surface area contributed by atoms with Gasteiger partial charge in [0, 0.05) is 21.8 Å². The van der Waals surface area contributed by atoms with E-state index >= 15 is 0 Å². The fourth-order valence-electron chi connectivity index (χ4n) is 2.13. The first-order valence-corrected chi connectivity index (χ1v) is 8.30. The number of benzene rings is 2. The Balaban J connectivity index is 1.77. The zero-order valence-electron chi connectivity index (χ0n) is 12.8. The van der Waals surface area contributed by atoms with Crippen molar-refractivity contribution >= 4 is 52.3 Å². The molecule has 0 spiro atoms. The van der Waals surface area contributed by atoms with Crippen molar-refractivity contribution in [3.8, 4) is 0 Å². The third-order valence-electron chi connectivity index (χ3n) is 3.31. The van der Waals surface area contributed by atoms with Crippen LogP contribution in [-0.4, -0.2) is 16.8 Å². The maximum absolute atomic E-state index is 11.9. The summed E-state index contributed by atoms with van der Waals surface area (Å²) in [5.74, 6) is -0.331. The van der Waals surface area contributed by atoms with Crippen LogP contribution in [0.3, 0.4) is 0 Å². The summed E-state index contributed by atoms with van der Waals surface area (Å²) in [5, 5.41) is 10.6. The van der Waals surface area contributed by atoms with E-state index in [1.54, 1.807) is 30.4 Å². The van der Waals surface area contributed by atoms with Crippen LogP contribution < -0.4 is 0 Å². The third kappa shape index (κ3) is 4.38. The highest BCUT2D eigenvalue weighted by Gasteiger charge is 2.21. The maximum atomic E-state index is 11.9. The highest BCUT2D eigenvalue weighted by Crippen LogP contribution is 2.18. The van der Waals surface area contributed by atoms with Gasteiger partial charge in [0.25, 0.3) is 5.69 Å². The summed E-state index contributed by atoms with van der Waals surface area (Å²) in [6, 6.07) is 13.7. The number of hydrogen-bond acceptors (Lipinski definition) is 5. The topological polar surface area (TPSA) is 81.8 Å². The van der Waals surface area contributed by atoms with Crippen molar-refractivity contribution < 1.29 is 14.5 Å². The van der Waals surface area contributed by atoms with Crippen molar-refractivity contribution in [2.24, 2.45) is 4.99 Å². The molecule has 1 heterocycles. The van der Waals surface area contributed by atoms with Crippen molar-refractivity contribution in [2.75, 3.05) is 0 Å². The monoisotopic (exact) mass is 446 g/mol. The van der Waals surface area contributed by atoms with E-state index < -0.39 is 10.9 Å². The number of esters is 1. The Morgan fingerprint density at radius 1 is 1.08 bits per heavy atom. The lowest BCUT2D eigenvalue weighted by Gasteiger charge is -1.95. The normalized spacial score (nSPS) is 15.5. The average molecular weight is 446 g/mol. The highest BCUT2D eigenvalue weighted by molar-refractivity contribution is 14.1. The molecule has 0 saturated carbocycles. The fourth-order valence-corrected chi connectivity index (χ4v) is 2.69. The van der Waals surface area contributed by atoms with Gasteiger partial charge in [0.05, 0.1) is 4.92 Å². The van der Waals surface area contributed by atoms with Crippen molar-refractivity contribution in [1.29, 1.82) is 0 Å². The fraction of sp³-hybridized carbons (Fsp3) is 0. The molecule has 1 aliphatic heterocycles. The first-order chi connectivity index (χ1) is 12.0. The predicted molar refractivity (Wildman–Crippen MR) is 103 cm³/mol. The van der Waals surface area contributed by atoms with E-state index in [1.807, 2.05) is 24.3 Å². The molecule has 7 heteroatoms. The van der Waals surface area contributed by atoms with Crippen LogP contribution in [0.25, 0.3) is 12.2 Å². The third-order valence-corrected chi connectivity index (χ3v) is 3.98. The van der Waals surface area contributed by atoms with E-state index in [4.69, 9.17) is 4.74 Å². The van der Waals surface area contributed by atoms with Gasteiger partial charge < -0.3 is 4.74 Å². The van der Waals surface area contributed by atoms with Gasteiger partial charge in [-0.05, 0) is 70.1 Å². The van der Waals surface area contributed by atoms with Crippen LogP contribution >= 0.6 is 22.6 Å². The summed E-state index contributed by atoms with van der Waals surface area (Å²) in [6.45, 7) is 0. The van der Waals surface area contributed by atoms with Gasteiger partial charge in [-0.1, -0.05) is 12.1 Å². The molecule has 0 atom stereocenters. The van der Waals surface area contributed by atoms with E-state index in [-0.39, 0.29) is 17.3 Å². The SMILES string of the molecule is O=C1OC(/C=C/c2ccc([N+](=O)[O-])cc2)=NC/1=C/c1cccc(I)c1. The van der Waals surface area contributed by atoms with Crippen molar-refractivity contribution in [2.45, 2.75) is 0 Å². The highest BCUT2D eigenvalue weighted by atomic mass is 127. The summed E-state index contributed by atoms with van der Waals surface area (Å²) in [5.41, 5.74) is 1.84. The second kappa shape index (κ2) is 7.39. The minimum absolute atomic E-state index is 0.0181. The Bertz CT molecular complexity index is 930. The largest absolute Gasteiger partial charge is 0.403 e. The van der Waals surface area contributed by atoms with Crippen LogP contribution in [0.1, 0.15) is 11.1 Å². The number of nitro benzene ring substituents is 1. The van der Waals surface area contributed by atoms with Crippen LogP contribution in [0.5, 0.6) is 0 Å². The minimum Gasteiger partial charge on any atom is -0.403 e. The Morgan fingerprint density at radius 2 is 1.84 bits per heavy atom. The predicted octanol–water partition coefficient (Wildman–Crippen LogP) is 4.21. The summed E-state index contributed by atoms with van der Waals surface area (Å²) in [4.78, 5) is 26.2. The van der Waals surface area contributed by atoms with E-state index in [2.05, 4.69) is 27.6 Å². The van der Waals surface area contributed by atoms with Gasteiger partial charge in [0.2, 0.25) is 5.90 Å². The van der Waals surface area contributed by atoms with Crippen molar-refractivity contribution in [3.05, 3.63) is 85.1 Å². The second-order valence-corrected chi connectivity index (χ2v) is 6.35.